The van der Waals surface area contributed by atoms with E-state index in [1.807, 2.05) is 5.38 Å². The lowest BCUT2D eigenvalue weighted by Crippen LogP contribution is -2.05. The van der Waals surface area contributed by atoms with Crippen LogP contribution in [0, 0.1) is 6.92 Å². The topological polar surface area (TPSA) is 78.3 Å². The Morgan fingerprint density at radius 2 is 2.24 bits per heavy atom. The molecule has 0 aliphatic carbocycles. The molecule has 90 valence electrons. The number of anilines is 1. The van der Waals surface area contributed by atoms with Crippen LogP contribution >= 0.6 is 11.3 Å². The number of aliphatic hydroxyl groups excluding tert-OH is 1. The molecule has 3 N–H and O–H groups in total. The molecule has 0 unspecified atom stereocenters. The third kappa shape index (κ3) is 2.54. The van der Waals surface area contributed by atoms with Gasteiger partial charge in [0.2, 0.25) is 0 Å². The molecule has 6 heteroatoms. The van der Waals surface area contributed by atoms with E-state index in [1.54, 1.807) is 19.3 Å². The van der Waals surface area contributed by atoms with Crippen molar-refractivity contribution in [3.05, 3.63) is 34.6 Å². The third-order valence-corrected chi connectivity index (χ3v) is 3.18. The summed E-state index contributed by atoms with van der Waals surface area (Å²) in [5.41, 5.74) is 1.84. The van der Waals surface area contributed by atoms with Crippen LogP contribution in [0.4, 0.5) is 5.13 Å². The van der Waals surface area contributed by atoms with E-state index in [0.717, 1.165) is 5.13 Å². The fourth-order valence-corrected chi connectivity index (χ4v) is 2.02. The number of nitrogens with one attached hydrogen (secondary N) is 1. The molecule has 0 saturated carbocycles. The Morgan fingerprint density at radius 1 is 1.41 bits per heavy atom. The van der Waals surface area contributed by atoms with Crippen molar-refractivity contribution in [3.63, 3.8) is 0 Å². The Hall–Kier alpha value is -1.66. The second-order valence-corrected chi connectivity index (χ2v) is 4.44. The lowest BCUT2D eigenvalue weighted by Gasteiger charge is -2.11. The SMILES string of the molecule is Cc1ncc(CO)c(CNc2nccs2)c1O. The number of nitrogens with zero attached hydrogens (tertiary/aromatic N) is 2. The number of pyridine rings is 1. The summed E-state index contributed by atoms with van der Waals surface area (Å²) in [6, 6.07) is 0. The summed E-state index contributed by atoms with van der Waals surface area (Å²) in [5, 5.41) is 24.8. The first kappa shape index (κ1) is 11.8. The van der Waals surface area contributed by atoms with Gasteiger partial charge in [-0.25, -0.2) is 4.98 Å². The molecule has 2 rings (SSSR count). The molecule has 2 heterocycles. The van der Waals surface area contributed by atoms with Crippen molar-refractivity contribution in [1.29, 1.82) is 0 Å². The van der Waals surface area contributed by atoms with Gasteiger partial charge in [0.1, 0.15) is 5.75 Å². The minimum Gasteiger partial charge on any atom is -0.506 e. The van der Waals surface area contributed by atoms with Crippen LogP contribution in [0.15, 0.2) is 17.8 Å². The predicted molar refractivity (Wildman–Crippen MR) is 66.0 cm³/mol. The number of hydrogen-bond donors (Lipinski definition) is 3. The van der Waals surface area contributed by atoms with Crippen molar-refractivity contribution in [2.75, 3.05) is 5.32 Å². The number of thiazole rings is 1. The Kier molecular flexibility index (Phi) is 3.55. The maximum absolute atomic E-state index is 9.91. The maximum atomic E-state index is 9.91. The zero-order valence-electron chi connectivity index (χ0n) is 9.34. The van der Waals surface area contributed by atoms with E-state index in [9.17, 15) is 10.2 Å². The molecule has 2 aromatic heterocycles. The molecular formula is C11H13N3O2S. The van der Waals surface area contributed by atoms with Gasteiger partial charge >= 0.3 is 0 Å². The second kappa shape index (κ2) is 5.11. The first-order valence-corrected chi connectivity index (χ1v) is 6.01. The van der Waals surface area contributed by atoms with Crippen LogP contribution in [0.2, 0.25) is 0 Å². The molecule has 0 aliphatic heterocycles. The zero-order valence-corrected chi connectivity index (χ0v) is 10.2. The minimum absolute atomic E-state index is 0.126. The van der Waals surface area contributed by atoms with Gasteiger partial charge < -0.3 is 15.5 Å². The molecule has 0 saturated heterocycles. The smallest absolute Gasteiger partial charge is 0.182 e. The van der Waals surface area contributed by atoms with Crippen LogP contribution in [-0.4, -0.2) is 20.2 Å². The normalized spacial score (nSPS) is 10.5. The second-order valence-electron chi connectivity index (χ2n) is 3.54. The summed E-state index contributed by atoms with van der Waals surface area (Å²) < 4.78 is 0. The minimum atomic E-state index is -0.143. The van der Waals surface area contributed by atoms with Gasteiger partial charge in [0.15, 0.2) is 5.13 Å². The summed E-state index contributed by atoms with van der Waals surface area (Å²) in [6.07, 6.45) is 3.28. The van der Waals surface area contributed by atoms with Crippen molar-refractivity contribution < 1.29 is 10.2 Å². The molecule has 0 atom stereocenters. The molecule has 2 aromatic rings. The summed E-state index contributed by atoms with van der Waals surface area (Å²) in [5.74, 6) is 0.126. The highest BCUT2D eigenvalue weighted by Gasteiger charge is 2.11. The molecule has 17 heavy (non-hydrogen) atoms. The predicted octanol–water partition coefficient (Wildman–Crippen LogP) is 1.66. The van der Waals surface area contributed by atoms with E-state index in [1.165, 1.54) is 11.3 Å². The monoisotopic (exact) mass is 251 g/mol. The lowest BCUT2D eigenvalue weighted by molar-refractivity contribution is 0.279. The van der Waals surface area contributed by atoms with E-state index < -0.39 is 0 Å². The highest BCUT2D eigenvalue weighted by molar-refractivity contribution is 7.13. The molecule has 5 nitrogen and oxygen atoms in total. The van der Waals surface area contributed by atoms with E-state index in [0.29, 0.717) is 23.4 Å². The van der Waals surface area contributed by atoms with Gasteiger partial charge in [0, 0.05) is 35.4 Å². The van der Waals surface area contributed by atoms with Crippen LogP contribution in [-0.2, 0) is 13.2 Å². The van der Waals surface area contributed by atoms with Crippen LogP contribution in [0.5, 0.6) is 5.75 Å². The number of aromatic nitrogens is 2. The number of hydrogen-bond acceptors (Lipinski definition) is 6. The summed E-state index contributed by atoms with van der Waals surface area (Å²) in [4.78, 5) is 8.09. The van der Waals surface area contributed by atoms with E-state index >= 15 is 0 Å². The molecular weight excluding hydrogens is 238 g/mol. The van der Waals surface area contributed by atoms with Gasteiger partial charge in [0.05, 0.1) is 12.3 Å². The van der Waals surface area contributed by atoms with Crippen molar-refractivity contribution in [1.82, 2.24) is 9.97 Å². The molecule has 0 fully saturated rings. The van der Waals surface area contributed by atoms with Crippen LogP contribution in [0.1, 0.15) is 16.8 Å². The molecule has 0 radical (unpaired) electrons. The summed E-state index contributed by atoms with van der Waals surface area (Å²) in [7, 11) is 0. The maximum Gasteiger partial charge on any atom is 0.182 e. The molecule has 0 spiro atoms. The average Bonchev–Trinajstić information content (AvgIpc) is 2.84. The third-order valence-electron chi connectivity index (χ3n) is 2.45. The Labute approximate surface area is 103 Å². The molecule has 0 aromatic carbocycles. The van der Waals surface area contributed by atoms with Gasteiger partial charge in [-0.1, -0.05) is 0 Å². The van der Waals surface area contributed by atoms with E-state index in [-0.39, 0.29) is 12.4 Å². The van der Waals surface area contributed by atoms with Gasteiger partial charge in [-0.3, -0.25) is 4.98 Å². The van der Waals surface area contributed by atoms with Gasteiger partial charge in [-0.2, -0.15) is 0 Å². The highest BCUT2D eigenvalue weighted by Crippen LogP contribution is 2.25. The van der Waals surface area contributed by atoms with Crippen molar-refractivity contribution >= 4 is 16.5 Å². The molecule has 0 amide bonds. The fraction of sp³-hybridized carbons (Fsp3) is 0.273. The Balaban J connectivity index is 2.21. The standard InChI is InChI=1S/C11H13N3O2S/c1-7-10(16)9(8(6-15)4-13-7)5-14-11-12-2-3-17-11/h2-4,15-16H,5-6H2,1H3,(H,12,14). The zero-order chi connectivity index (χ0) is 12.3. The fourth-order valence-electron chi connectivity index (χ4n) is 1.49. The number of rotatable bonds is 4. The van der Waals surface area contributed by atoms with Gasteiger partial charge in [-0.05, 0) is 6.92 Å². The number of aromatic hydroxyl groups is 1. The van der Waals surface area contributed by atoms with Crippen LogP contribution in [0.25, 0.3) is 0 Å². The van der Waals surface area contributed by atoms with Crippen LogP contribution in [0.3, 0.4) is 0 Å². The number of aliphatic hydroxyl groups is 1. The first-order chi connectivity index (χ1) is 8.22. The Morgan fingerprint density at radius 3 is 2.88 bits per heavy atom. The average molecular weight is 251 g/mol. The Bertz CT molecular complexity index is 500. The van der Waals surface area contributed by atoms with E-state index in [2.05, 4.69) is 15.3 Å². The number of aryl methyl sites for hydroxylation is 1. The lowest BCUT2D eigenvalue weighted by atomic mass is 10.1. The molecule has 0 bridgehead atoms. The van der Waals surface area contributed by atoms with Crippen molar-refractivity contribution in [2.24, 2.45) is 0 Å². The summed E-state index contributed by atoms with van der Waals surface area (Å²) in [6.45, 7) is 2.00. The first-order valence-electron chi connectivity index (χ1n) is 5.13. The van der Waals surface area contributed by atoms with Crippen LogP contribution < -0.4 is 5.32 Å². The van der Waals surface area contributed by atoms with Gasteiger partial charge in [0.25, 0.3) is 0 Å². The van der Waals surface area contributed by atoms with E-state index in [4.69, 9.17) is 0 Å². The quantitative estimate of drug-likeness (QED) is 0.770. The molecule has 0 aliphatic rings. The van der Waals surface area contributed by atoms with Crippen molar-refractivity contribution in [2.45, 2.75) is 20.1 Å². The largest absolute Gasteiger partial charge is 0.506 e. The summed E-state index contributed by atoms with van der Waals surface area (Å²) >= 11 is 1.48. The van der Waals surface area contributed by atoms with Gasteiger partial charge in [-0.15, -0.1) is 11.3 Å². The van der Waals surface area contributed by atoms with Crippen molar-refractivity contribution in [3.8, 4) is 5.75 Å². The highest BCUT2D eigenvalue weighted by atomic mass is 32.1.